The molecule has 0 aliphatic carbocycles. The molecule has 0 bridgehead atoms. The van der Waals surface area contributed by atoms with Gasteiger partial charge in [-0.2, -0.15) is 0 Å². The first-order valence-corrected chi connectivity index (χ1v) is 8.71. The number of ether oxygens (including phenoxy) is 1. The predicted molar refractivity (Wildman–Crippen MR) is 92.7 cm³/mol. The van der Waals surface area contributed by atoms with Crippen LogP contribution in [0, 0.1) is 5.82 Å². The van der Waals surface area contributed by atoms with Crippen LogP contribution in [0.2, 0.25) is 0 Å². The number of anilines is 1. The van der Waals surface area contributed by atoms with Crippen LogP contribution in [0.15, 0.2) is 60.0 Å². The van der Waals surface area contributed by atoms with Gasteiger partial charge in [0, 0.05) is 18.2 Å². The fourth-order valence-corrected chi connectivity index (χ4v) is 3.00. The fourth-order valence-electron chi connectivity index (χ4n) is 2.00. The molecule has 6 nitrogen and oxygen atoms in total. The average Bonchev–Trinajstić information content (AvgIpc) is 2.61. The molecular formula is C17H17FN2O4S. The summed E-state index contributed by atoms with van der Waals surface area (Å²) in [7, 11) is -2.29. The number of carbonyl (C=O) groups is 1. The Labute approximate surface area is 145 Å². The molecule has 2 rings (SSSR count). The summed E-state index contributed by atoms with van der Waals surface area (Å²) in [6.07, 6.45) is 1.43. The highest BCUT2D eigenvalue weighted by Gasteiger charge is 2.15. The van der Waals surface area contributed by atoms with E-state index < -0.39 is 21.7 Å². The molecule has 0 unspecified atom stereocenters. The van der Waals surface area contributed by atoms with E-state index in [4.69, 9.17) is 4.74 Å². The smallest absolute Gasteiger partial charge is 0.255 e. The second-order valence-corrected chi connectivity index (χ2v) is 6.73. The molecule has 0 saturated heterocycles. The van der Waals surface area contributed by atoms with Crippen LogP contribution in [0.4, 0.5) is 10.1 Å². The van der Waals surface area contributed by atoms with Crippen molar-refractivity contribution in [1.82, 2.24) is 4.72 Å². The number of hydrogen-bond acceptors (Lipinski definition) is 4. The molecule has 0 aliphatic heterocycles. The molecule has 25 heavy (non-hydrogen) atoms. The first kappa shape index (κ1) is 18.6. The zero-order valence-electron chi connectivity index (χ0n) is 13.5. The average molecular weight is 364 g/mol. The molecule has 1 amide bonds. The Hall–Kier alpha value is -2.71. The summed E-state index contributed by atoms with van der Waals surface area (Å²) in [5, 5.41) is 2.59. The van der Waals surface area contributed by atoms with Crippen molar-refractivity contribution < 1.29 is 22.3 Å². The van der Waals surface area contributed by atoms with Crippen LogP contribution < -0.4 is 14.8 Å². The van der Waals surface area contributed by atoms with Crippen LogP contribution in [0.25, 0.3) is 0 Å². The molecule has 0 atom stereocenters. The van der Waals surface area contributed by atoms with Gasteiger partial charge in [0.15, 0.2) is 0 Å². The normalized spacial score (nSPS) is 11.0. The Kier molecular flexibility index (Phi) is 5.89. The molecule has 2 aromatic carbocycles. The molecule has 0 fully saturated rings. The third-order valence-corrected chi connectivity index (χ3v) is 4.70. The van der Waals surface area contributed by atoms with E-state index in [0.717, 1.165) is 6.07 Å². The standard InChI is InChI=1S/C17H17FN2O4S/c1-3-10-19-25(22,23)14-7-4-12(5-8-14)17(21)20-15-9-6-13(18)11-16(15)24-2/h3-9,11,19H,1,10H2,2H3,(H,20,21). The number of rotatable bonds is 7. The van der Waals surface area contributed by atoms with Crippen molar-refractivity contribution in [3.05, 3.63) is 66.5 Å². The van der Waals surface area contributed by atoms with E-state index in [1.165, 1.54) is 49.6 Å². The Bertz CT molecular complexity index is 880. The van der Waals surface area contributed by atoms with Crippen LogP contribution in [0.5, 0.6) is 5.75 Å². The van der Waals surface area contributed by atoms with Gasteiger partial charge in [0.25, 0.3) is 5.91 Å². The minimum absolute atomic E-state index is 0.0327. The van der Waals surface area contributed by atoms with E-state index in [1.807, 2.05) is 0 Å². The summed E-state index contributed by atoms with van der Waals surface area (Å²) < 4.78 is 44.5. The molecule has 0 saturated carbocycles. The Morgan fingerprint density at radius 1 is 1.24 bits per heavy atom. The predicted octanol–water partition coefficient (Wildman–Crippen LogP) is 2.55. The zero-order valence-corrected chi connectivity index (χ0v) is 14.3. The minimum Gasteiger partial charge on any atom is -0.494 e. The van der Waals surface area contributed by atoms with Gasteiger partial charge < -0.3 is 10.1 Å². The first-order valence-electron chi connectivity index (χ1n) is 7.23. The van der Waals surface area contributed by atoms with Gasteiger partial charge >= 0.3 is 0 Å². The Morgan fingerprint density at radius 3 is 2.52 bits per heavy atom. The van der Waals surface area contributed by atoms with Crippen LogP contribution in [0.3, 0.4) is 0 Å². The van der Waals surface area contributed by atoms with E-state index in [9.17, 15) is 17.6 Å². The quantitative estimate of drug-likeness (QED) is 0.740. The SMILES string of the molecule is C=CCNS(=O)(=O)c1ccc(C(=O)Nc2ccc(F)cc2OC)cc1. The molecule has 0 spiro atoms. The molecule has 132 valence electrons. The number of amides is 1. The van der Waals surface area contributed by atoms with Gasteiger partial charge in [-0.25, -0.2) is 17.5 Å². The van der Waals surface area contributed by atoms with E-state index >= 15 is 0 Å². The van der Waals surface area contributed by atoms with E-state index in [1.54, 1.807) is 0 Å². The van der Waals surface area contributed by atoms with Crippen molar-refractivity contribution in [2.24, 2.45) is 0 Å². The van der Waals surface area contributed by atoms with Crippen molar-refractivity contribution in [2.45, 2.75) is 4.90 Å². The lowest BCUT2D eigenvalue weighted by Gasteiger charge is -2.10. The molecule has 2 N–H and O–H groups in total. The fraction of sp³-hybridized carbons (Fsp3) is 0.118. The van der Waals surface area contributed by atoms with Gasteiger partial charge in [-0.1, -0.05) is 6.08 Å². The van der Waals surface area contributed by atoms with Crippen LogP contribution >= 0.6 is 0 Å². The van der Waals surface area contributed by atoms with Crippen molar-refractivity contribution >= 4 is 21.6 Å². The van der Waals surface area contributed by atoms with Crippen molar-refractivity contribution in [3.63, 3.8) is 0 Å². The molecule has 0 aromatic heterocycles. The second kappa shape index (κ2) is 7.91. The third-order valence-electron chi connectivity index (χ3n) is 3.26. The molecular weight excluding hydrogens is 347 g/mol. The number of methoxy groups -OCH3 is 1. The molecule has 2 aromatic rings. The highest BCUT2D eigenvalue weighted by Crippen LogP contribution is 2.25. The molecule has 8 heteroatoms. The van der Waals surface area contributed by atoms with Gasteiger partial charge in [-0.05, 0) is 36.4 Å². The maximum atomic E-state index is 13.2. The number of halogens is 1. The maximum absolute atomic E-state index is 13.2. The number of benzene rings is 2. The van der Waals surface area contributed by atoms with Crippen LogP contribution in [-0.2, 0) is 10.0 Å². The number of nitrogens with one attached hydrogen (secondary N) is 2. The Morgan fingerprint density at radius 2 is 1.92 bits per heavy atom. The maximum Gasteiger partial charge on any atom is 0.255 e. The highest BCUT2D eigenvalue weighted by atomic mass is 32.2. The first-order chi connectivity index (χ1) is 11.9. The van der Waals surface area contributed by atoms with Gasteiger partial charge in [-0.15, -0.1) is 6.58 Å². The van der Waals surface area contributed by atoms with E-state index in [0.29, 0.717) is 5.69 Å². The third kappa shape index (κ3) is 4.65. The molecule has 0 heterocycles. The lowest BCUT2D eigenvalue weighted by atomic mass is 10.2. The topological polar surface area (TPSA) is 84.5 Å². The number of sulfonamides is 1. The summed E-state index contributed by atoms with van der Waals surface area (Å²) in [6, 6.07) is 9.13. The number of hydrogen-bond donors (Lipinski definition) is 2. The lowest BCUT2D eigenvalue weighted by molar-refractivity contribution is 0.102. The largest absolute Gasteiger partial charge is 0.494 e. The van der Waals surface area contributed by atoms with Gasteiger partial charge in [0.05, 0.1) is 17.7 Å². The summed E-state index contributed by atoms with van der Waals surface area (Å²) in [4.78, 5) is 12.3. The van der Waals surface area contributed by atoms with Crippen LogP contribution in [0.1, 0.15) is 10.4 Å². The number of carbonyl (C=O) groups excluding carboxylic acids is 1. The van der Waals surface area contributed by atoms with E-state index in [2.05, 4.69) is 16.6 Å². The minimum atomic E-state index is -3.65. The van der Waals surface area contributed by atoms with Crippen molar-refractivity contribution in [1.29, 1.82) is 0 Å². The second-order valence-electron chi connectivity index (χ2n) is 4.96. The summed E-state index contributed by atoms with van der Waals surface area (Å²) >= 11 is 0. The van der Waals surface area contributed by atoms with Gasteiger partial charge in [0.1, 0.15) is 11.6 Å². The molecule has 0 aliphatic rings. The van der Waals surface area contributed by atoms with Crippen molar-refractivity contribution in [2.75, 3.05) is 19.0 Å². The van der Waals surface area contributed by atoms with E-state index in [-0.39, 0.29) is 22.8 Å². The monoisotopic (exact) mass is 364 g/mol. The van der Waals surface area contributed by atoms with Crippen LogP contribution in [-0.4, -0.2) is 28.0 Å². The lowest BCUT2D eigenvalue weighted by Crippen LogP contribution is -2.23. The van der Waals surface area contributed by atoms with Crippen molar-refractivity contribution in [3.8, 4) is 5.75 Å². The van der Waals surface area contributed by atoms with Gasteiger partial charge in [-0.3, -0.25) is 4.79 Å². The molecule has 0 radical (unpaired) electrons. The summed E-state index contributed by atoms with van der Waals surface area (Å²) in [5.74, 6) is -0.787. The summed E-state index contributed by atoms with van der Waals surface area (Å²) in [6.45, 7) is 3.55. The Balaban J connectivity index is 2.17. The summed E-state index contributed by atoms with van der Waals surface area (Å²) in [5.41, 5.74) is 0.548. The van der Waals surface area contributed by atoms with Gasteiger partial charge in [0.2, 0.25) is 10.0 Å². The zero-order chi connectivity index (χ0) is 18.4. The highest BCUT2D eigenvalue weighted by molar-refractivity contribution is 7.89.